The lowest BCUT2D eigenvalue weighted by atomic mass is 9.97. The van der Waals surface area contributed by atoms with Crippen molar-refractivity contribution < 1.29 is 30.0 Å². The van der Waals surface area contributed by atoms with Crippen molar-refractivity contribution >= 4 is 5.91 Å². The average molecular weight is 221 g/mol. The number of amides is 1. The van der Waals surface area contributed by atoms with Crippen molar-refractivity contribution in [2.75, 3.05) is 6.61 Å². The summed E-state index contributed by atoms with van der Waals surface area (Å²) in [6.45, 7) is 0.687. The first-order chi connectivity index (χ1) is 6.97. The normalized spacial score (nSPS) is 41.3. The first-order valence-corrected chi connectivity index (χ1v) is 4.55. The van der Waals surface area contributed by atoms with Gasteiger partial charge in [-0.25, -0.2) is 0 Å². The molecule has 0 spiro atoms. The monoisotopic (exact) mass is 221 g/mol. The zero-order valence-corrected chi connectivity index (χ0v) is 8.20. The summed E-state index contributed by atoms with van der Waals surface area (Å²) in [5.74, 6) is -0.462. The summed E-state index contributed by atoms with van der Waals surface area (Å²) in [5.41, 5.74) is 0. The van der Waals surface area contributed by atoms with E-state index >= 15 is 0 Å². The molecule has 0 radical (unpaired) electrons. The molecule has 1 amide bonds. The maximum absolute atomic E-state index is 10.7. The second-order valence-corrected chi connectivity index (χ2v) is 3.46. The molecule has 15 heavy (non-hydrogen) atoms. The fraction of sp³-hybridized carbons (Fsp3) is 0.875. The van der Waals surface area contributed by atoms with E-state index in [1.807, 2.05) is 0 Å². The highest BCUT2D eigenvalue weighted by Crippen LogP contribution is 2.19. The fourth-order valence-electron chi connectivity index (χ4n) is 1.49. The van der Waals surface area contributed by atoms with Crippen LogP contribution in [0.25, 0.3) is 0 Å². The average Bonchev–Trinajstić information content (AvgIpc) is 2.18. The number of aliphatic hydroxyl groups excluding tert-OH is 4. The van der Waals surface area contributed by atoms with Crippen molar-refractivity contribution in [3.05, 3.63) is 0 Å². The summed E-state index contributed by atoms with van der Waals surface area (Å²) in [5, 5.41) is 39.4. The van der Waals surface area contributed by atoms with E-state index < -0.39 is 43.2 Å². The summed E-state index contributed by atoms with van der Waals surface area (Å²) in [7, 11) is 0. The second kappa shape index (κ2) is 4.86. The Morgan fingerprint density at radius 3 is 2.40 bits per heavy atom. The fourth-order valence-corrected chi connectivity index (χ4v) is 1.49. The molecular formula is C8H15NO6. The number of ether oxygens (including phenoxy) is 1. The Kier molecular flexibility index (Phi) is 4.00. The maximum Gasteiger partial charge on any atom is 0.217 e. The lowest BCUT2D eigenvalue weighted by molar-refractivity contribution is -0.253. The van der Waals surface area contributed by atoms with E-state index in [-0.39, 0.29) is 0 Å². The smallest absolute Gasteiger partial charge is 0.217 e. The van der Waals surface area contributed by atoms with Crippen LogP contribution in [0.4, 0.5) is 0 Å². The first-order valence-electron chi connectivity index (χ1n) is 4.55. The van der Waals surface area contributed by atoms with Gasteiger partial charge in [-0.3, -0.25) is 4.79 Å². The third-order valence-electron chi connectivity index (χ3n) is 2.27. The molecule has 1 unspecified atom stereocenters. The third kappa shape index (κ3) is 2.64. The van der Waals surface area contributed by atoms with Crippen LogP contribution in [0.3, 0.4) is 0 Å². The van der Waals surface area contributed by atoms with Crippen molar-refractivity contribution in [2.45, 2.75) is 37.6 Å². The highest BCUT2D eigenvalue weighted by molar-refractivity contribution is 5.73. The van der Waals surface area contributed by atoms with Crippen LogP contribution in [-0.2, 0) is 9.53 Å². The second-order valence-electron chi connectivity index (χ2n) is 3.46. The van der Waals surface area contributed by atoms with Crippen LogP contribution in [0.15, 0.2) is 0 Å². The zero-order valence-electron chi connectivity index (χ0n) is 8.20. The highest BCUT2D eigenvalue weighted by atomic mass is 16.6. The molecule has 1 aliphatic heterocycles. The molecular weight excluding hydrogens is 206 g/mol. The van der Waals surface area contributed by atoms with Crippen molar-refractivity contribution in [3.8, 4) is 0 Å². The molecule has 7 heteroatoms. The number of nitrogens with one attached hydrogen (secondary N) is 1. The Labute approximate surface area is 86.3 Å². The topological polar surface area (TPSA) is 119 Å². The molecule has 0 saturated carbocycles. The molecule has 0 aliphatic carbocycles. The van der Waals surface area contributed by atoms with E-state index in [9.17, 15) is 20.1 Å². The van der Waals surface area contributed by atoms with E-state index in [1.54, 1.807) is 0 Å². The van der Waals surface area contributed by atoms with E-state index in [1.165, 1.54) is 6.92 Å². The van der Waals surface area contributed by atoms with Crippen molar-refractivity contribution in [1.29, 1.82) is 0 Å². The molecule has 7 nitrogen and oxygen atoms in total. The molecule has 1 aliphatic rings. The van der Waals surface area contributed by atoms with E-state index in [4.69, 9.17) is 9.84 Å². The molecule has 5 N–H and O–H groups in total. The molecule has 5 atom stereocenters. The van der Waals surface area contributed by atoms with Gasteiger partial charge in [0, 0.05) is 6.92 Å². The van der Waals surface area contributed by atoms with Gasteiger partial charge in [0.1, 0.15) is 24.4 Å². The van der Waals surface area contributed by atoms with Gasteiger partial charge in [-0.15, -0.1) is 0 Å². The van der Waals surface area contributed by atoms with Gasteiger partial charge in [-0.1, -0.05) is 0 Å². The number of carbonyl (C=O) groups excluding carboxylic acids is 1. The van der Waals surface area contributed by atoms with E-state index in [0.717, 1.165) is 0 Å². The molecule has 0 aromatic carbocycles. The number of carbonyl (C=O) groups is 1. The van der Waals surface area contributed by atoms with Crippen LogP contribution in [-0.4, -0.2) is 63.6 Å². The van der Waals surface area contributed by atoms with Crippen molar-refractivity contribution in [3.63, 3.8) is 0 Å². The van der Waals surface area contributed by atoms with Gasteiger partial charge < -0.3 is 30.5 Å². The van der Waals surface area contributed by atoms with Gasteiger partial charge in [0.2, 0.25) is 5.91 Å². The number of hydrogen-bond acceptors (Lipinski definition) is 6. The molecule has 1 rings (SSSR count). The first kappa shape index (κ1) is 12.3. The minimum Gasteiger partial charge on any atom is -0.394 e. The Morgan fingerprint density at radius 1 is 1.33 bits per heavy atom. The standard InChI is InChI=1S/C8H15NO6/c1-3(11)9-5-7(13)6(12)4(2-10)15-8(5)14/h4-8,10,12-14H,2H2,1H3,(H,9,11)/t4-,5+,6-,7-,8?/m0/s1. The quantitative estimate of drug-likeness (QED) is 0.337. The third-order valence-corrected chi connectivity index (χ3v) is 2.27. The van der Waals surface area contributed by atoms with Gasteiger partial charge in [-0.05, 0) is 0 Å². The van der Waals surface area contributed by atoms with Crippen LogP contribution in [0, 0.1) is 0 Å². The van der Waals surface area contributed by atoms with E-state index in [2.05, 4.69) is 5.32 Å². The largest absolute Gasteiger partial charge is 0.394 e. The van der Waals surface area contributed by atoms with Crippen LogP contribution in [0.1, 0.15) is 6.92 Å². The van der Waals surface area contributed by atoms with Crippen molar-refractivity contribution in [2.24, 2.45) is 0 Å². The Hall–Kier alpha value is -0.730. The lowest BCUT2D eigenvalue weighted by Gasteiger charge is -2.40. The predicted molar refractivity (Wildman–Crippen MR) is 47.6 cm³/mol. The van der Waals surface area contributed by atoms with Crippen LogP contribution in [0.2, 0.25) is 0 Å². The molecule has 0 bridgehead atoms. The van der Waals surface area contributed by atoms with E-state index in [0.29, 0.717) is 0 Å². The molecule has 1 saturated heterocycles. The maximum atomic E-state index is 10.7. The van der Waals surface area contributed by atoms with Crippen LogP contribution < -0.4 is 5.32 Å². The Balaban J connectivity index is 2.70. The molecule has 0 aromatic heterocycles. The van der Waals surface area contributed by atoms with Gasteiger partial charge in [0.15, 0.2) is 6.29 Å². The number of rotatable bonds is 2. The highest BCUT2D eigenvalue weighted by Gasteiger charge is 2.43. The number of hydrogen-bond donors (Lipinski definition) is 5. The predicted octanol–water partition coefficient (Wildman–Crippen LogP) is -3.08. The summed E-state index contributed by atoms with van der Waals surface area (Å²) >= 11 is 0. The van der Waals surface area contributed by atoms with Gasteiger partial charge >= 0.3 is 0 Å². The summed E-state index contributed by atoms with van der Waals surface area (Å²) in [6, 6.07) is -1.10. The van der Waals surface area contributed by atoms with Crippen molar-refractivity contribution in [1.82, 2.24) is 5.32 Å². The lowest BCUT2D eigenvalue weighted by Crippen LogP contribution is -2.63. The molecule has 88 valence electrons. The van der Waals surface area contributed by atoms with Crippen LogP contribution >= 0.6 is 0 Å². The molecule has 0 aromatic rings. The Bertz CT molecular complexity index is 235. The summed E-state index contributed by atoms with van der Waals surface area (Å²) in [4.78, 5) is 10.7. The van der Waals surface area contributed by atoms with Gasteiger partial charge in [0.25, 0.3) is 0 Å². The SMILES string of the molecule is CC(=O)N[C@H]1C(O)O[C@@H](CO)[C@H](O)[C@H]1O. The minimum atomic E-state index is -1.45. The number of aliphatic hydroxyl groups is 4. The minimum absolute atomic E-state index is 0.462. The van der Waals surface area contributed by atoms with Gasteiger partial charge in [-0.2, -0.15) is 0 Å². The van der Waals surface area contributed by atoms with Gasteiger partial charge in [0.05, 0.1) is 6.61 Å². The molecule has 1 fully saturated rings. The Morgan fingerprint density at radius 2 is 1.93 bits per heavy atom. The zero-order chi connectivity index (χ0) is 11.6. The summed E-state index contributed by atoms with van der Waals surface area (Å²) in [6.07, 6.45) is -5.24. The summed E-state index contributed by atoms with van der Waals surface area (Å²) < 4.78 is 4.81. The molecule has 1 heterocycles. The van der Waals surface area contributed by atoms with Crippen LogP contribution in [0.5, 0.6) is 0 Å².